The molecule has 1 aliphatic heterocycles. The number of aryl methyl sites for hydroxylation is 1. The lowest BCUT2D eigenvalue weighted by atomic mass is 10.2. The minimum absolute atomic E-state index is 0.612. The minimum Gasteiger partial charge on any atom is -0.489 e. The number of ether oxygens (including phenoxy) is 1. The predicted molar refractivity (Wildman–Crippen MR) is 116 cm³/mol. The van der Waals surface area contributed by atoms with Crippen LogP contribution in [-0.4, -0.2) is 52.1 Å². The summed E-state index contributed by atoms with van der Waals surface area (Å²) in [5.74, 6) is 2.03. The molecule has 5 nitrogen and oxygen atoms in total. The maximum atomic E-state index is 5.89. The summed E-state index contributed by atoms with van der Waals surface area (Å²) in [5.41, 5.74) is 2.54. The van der Waals surface area contributed by atoms with Gasteiger partial charge >= 0.3 is 0 Å². The Bertz CT molecular complexity index is 867. The summed E-state index contributed by atoms with van der Waals surface area (Å²) in [7, 11) is 0. The highest BCUT2D eigenvalue weighted by atomic mass is 16.5. The van der Waals surface area contributed by atoms with Crippen molar-refractivity contribution in [3.63, 3.8) is 0 Å². The lowest BCUT2D eigenvalue weighted by Gasteiger charge is -2.34. The third kappa shape index (κ3) is 5.68. The molecule has 0 N–H and O–H groups in total. The summed E-state index contributed by atoms with van der Waals surface area (Å²) < 4.78 is 8.12. The Kier molecular flexibility index (Phi) is 6.60. The van der Waals surface area contributed by atoms with Crippen LogP contribution in [0.1, 0.15) is 17.0 Å². The number of benzene rings is 2. The third-order valence-electron chi connectivity index (χ3n) is 5.62. The highest BCUT2D eigenvalue weighted by Gasteiger charge is 2.17. The number of hydrogen-bond donors (Lipinski definition) is 0. The number of aromatic nitrogens is 2. The van der Waals surface area contributed by atoms with Gasteiger partial charge in [0.15, 0.2) is 0 Å². The molecule has 3 aromatic rings. The van der Waals surface area contributed by atoms with Gasteiger partial charge < -0.3 is 9.30 Å². The van der Waals surface area contributed by atoms with Crippen LogP contribution in [0.5, 0.6) is 5.75 Å². The molecule has 1 saturated heterocycles. The van der Waals surface area contributed by atoms with Crippen LogP contribution in [0.15, 0.2) is 67.0 Å². The summed E-state index contributed by atoms with van der Waals surface area (Å²) in [6.07, 6.45) is 3.95. The highest BCUT2D eigenvalue weighted by Crippen LogP contribution is 2.16. The average molecular weight is 391 g/mol. The minimum atomic E-state index is 0.612. The van der Waals surface area contributed by atoms with Crippen molar-refractivity contribution in [2.45, 2.75) is 26.6 Å². The van der Waals surface area contributed by atoms with E-state index in [1.54, 1.807) is 0 Å². The van der Waals surface area contributed by atoms with Gasteiger partial charge in [-0.3, -0.25) is 9.80 Å². The van der Waals surface area contributed by atoms with Gasteiger partial charge in [-0.25, -0.2) is 4.98 Å². The molecule has 1 aromatic heterocycles. The Morgan fingerprint density at radius 2 is 1.55 bits per heavy atom. The molecule has 1 aliphatic rings. The van der Waals surface area contributed by atoms with Crippen LogP contribution in [0.25, 0.3) is 0 Å². The molecular weight excluding hydrogens is 360 g/mol. The summed E-state index contributed by atoms with van der Waals surface area (Å²) in [6, 6.07) is 18.8. The van der Waals surface area contributed by atoms with E-state index < -0.39 is 0 Å². The number of piperazine rings is 1. The Labute approximate surface area is 173 Å². The van der Waals surface area contributed by atoms with Crippen LogP contribution in [-0.2, 0) is 19.7 Å². The van der Waals surface area contributed by atoms with Gasteiger partial charge in [0.1, 0.15) is 18.2 Å². The first-order valence-electron chi connectivity index (χ1n) is 10.4. The SMILES string of the molecule is Cc1nccn1CCN1CCN(Cc2ccc(OCc3ccccc3)cc2)CC1. The second-order valence-corrected chi connectivity index (χ2v) is 7.70. The predicted octanol–water partition coefficient (Wildman–Crippen LogP) is 3.59. The molecule has 5 heteroatoms. The van der Waals surface area contributed by atoms with Crippen LogP contribution in [0, 0.1) is 6.92 Å². The second-order valence-electron chi connectivity index (χ2n) is 7.70. The summed E-state index contributed by atoms with van der Waals surface area (Å²) in [5, 5.41) is 0. The van der Waals surface area contributed by atoms with E-state index in [2.05, 4.69) is 68.9 Å². The molecule has 29 heavy (non-hydrogen) atoms. The average Bonchev–Trinajstić information content (AvgIpc) is 3.18. The zero-order chi connectivity index (χ0) is 19.9. The number of nitrogens with zero attached hydrogens (tertiary/aromatic N) is 4. The summed E-state index contributed by atoms with van der Waals surface area (Å²) >= 11 is 0. The number of hydrogen-bond acceptors (Lipinski definition) is 4. The molecule has 0 radical (unpaired) electrons. The van der Waals surface area contributed by atoms with E-state index in [0.29, 0.717) is 6.61 Å². The van der Waals surface area contributed by atoms with Crippen molar-refractivity contribution >= 4 is 0 Å². The second kappa shape index (κ2) is 9.72. The van der Waals surface area contributed by atoms with E-state index in [-0.39, 0.29) is 0 Å². The quantitative estimate of drug-likeness (QED) is 0.589. The number of rotatable bonds is 8. The van der Waals surface area contributed by atoms with E-state index >= 15 is 0 Å². The van der Waals surface area contributed by atoms with Crippen LogP contribution < -0.4 is 4.74 Å². The Balaban J connectivity index is 1.19. The first kappa shape index (κ1) is 19.7. The van der Waals surface area contributed by atoms with Gasteiger partial charge in [-0.05, 0) is 30.2 Å². The van der Waals surface area contributed by atoms with Gasteiger partial charge in [-0.15, -0.1) is 0 Å². The van der Waals surface area contributed by atoms with Gasteiger partial charge in [0.2, 0.25) is 0 Å². The maximum absolute atomic E-state index is 5.89. The maximum Gasteiger partial charge on any atom is 0.119 e. The monoisotopic (exact) mass is 390 g/mol. The summed E-state index contributed by atoms with van der Waals surface area (Å²) in [6.45, 7) is 10.3. The molecule has 2 aromatic carbocycles. The molecule has 0 amide bonds. The Morgan fingerprint density at radius 3 is 2.24 bits per heavy atom. The topological polar surface area (TPSA) is 33.5 Å². The van der Waals surface area contributed by atoms with E-state index in [0.717, 1.165) is 57.4 Å². The van der Waals surface area contributed by atoms with Crippen LogP contribution >= 0.6 is 0 Å². The Morgan fingerprint density at radius 1 is 0.828 bits per heavy atom. The largest absolute Gasteiger partial charge is 0.489 e. The molecule has 0 bridgehead atoms. The first-order chi connectivity index (χ1) is 14.3. The zero-order valence-electron chi connectivity index (χ0n) is 17.2. The molecule has 0 saturated carbocycles. The van der Waals surface area contributed by atoms with Crippen molar-refractivity contribution in [3.05, 3.63) is 83.9 Å². The molecule has 0 aliphatic carbocycles. The van der Waals surface area contributed by atoms with Crippen LogP contribution in [0.2, 0.25) is 0 Å². The number of imidazole rings is 1. The van der Waals surface area contributed by atoms with E-state index in [4.69, 9.17) is 4.74 Å². The van der Waals surface area contributed by atoms with E-state index in [1.807, 2.05) is 24.4 Å². The fourth-order valence-corrected chi connectivity index (χ4v) is 3.75. The van der Waals surface area contributed by atoms with Gasteiger partial charge in [0.25, 0.3) is 0 Å². The van der Waals surface area contributed by atoms with Crippen molar-refractivity contribution in [1.29, 1.82) is 0 Å². The molecule has 152 valence electrons. The van der Waals surface area contributed by atoms with Gasteiger partial charge in [0.05, 0.1) is 0 Å². The van der Waals surface area contributed by atoms with Gasteiger partial charge in [-0.1, -0.05) is 42.5 Å². The van der Waals surface area contributed by atoms with E-state index in [9.17, 15) is 0 Å². The van der Waals surface area contributed by atoms with Crippen molar-refractivity contribution < 1.29 is 4.74 Å². The molecule has 4 rings (SSSR count). The molecule has 1 fully saturated rings. The van der Waals surface area contributed by atoms with E-state index in [1.165, 1.54) is 11.1 Å². The van der Waals surface area contributed by atoms with Crippen molar-refractivity contribution in [1.82, 2.24) is 19.4 Å². The standard InChI is InChI=1S/C24H30N4O/c1-21-25-11-12-28(21)18-17-26-13-15-27(16-14-26)19-22-7-9-24(10-8-22)29-20-23-5-3-2-4-6-23/h2-12H,13-20H2,1H3. The van der Waals surface area contributed by atoms with Crippen molar-refractivity contribution in [2.75, 3.05) is 32.7 Å². The van der Waals surface area contributed by atoms with Gasteiger partial charge in [0, 0.05) is 58.2 Å². The van der Waals surface area contributed by atoms with Crippen LogP contribution in [0.4, 0.5) is 0 Å². The molecule has 0 atom stereocenters. The summed E-state index contributed by atoms with van der Waals surface area (Å²) in [4.78, 5) is 9.39. The molecule has 0 unspecified atom stereocenters. The van der Waals surface area contributed by atoms with Crippen LogP contribution in [0.3, 0.4) is 0 Å². The molecular formula is C24H30N4O. The van der Waals surface area contributed by atoms with Crippen molar-refractivity contribution in [2.24, 2.45) is 0 Å². The fourth-order valence-electron chi connectivity index (χ4n) is 3.75. The first-order valence-corrected chi connectivity index (χ1v) is 10.4. The normalized spacial score (nSPS) is 15.5. The Hall–Kier alpha value is -2.63. The highest BCUT2D eigenvalue weighted by molar-refractivity contribution is 5.27. The van der Waals surface area contributed by atoms with Gasteiger partial charge in [-0.2, -0.15) is 0 Å². The third-order valence-corrected chi connectivity index (χ3v) is 5.62. The molecule has 0 spiro atoms. The fraction of sp³-hybridized carbons (Fsp3) is 0.375. The lowest BCUT2D eigenvalue weighted by Crippen LogP contribution is -2.46. The smallest absolute Gasteiger partial charge is 0.119 e. The molecule has 2 heterocycles. The van der Waals surface area contributed by atoms with Crippen molar-refractivity contribution in [3.8, 4) is 5.75 Å². The lowest BCUT2D eigenvalue weighted by molar-refractivity contribution is 0.124. The zero-order valence-corrected chi connectivity index (χ0v) is 17.2.